The minimum Gasteiger partial charge on any atom is -0.316 e. The Labute approximate surface area is 242 Å². The number of benzene rings is 3. The maximum absolute atomic E-state index is 13.4. The Morgan fingerprint density at radius 2 is 1.62 bits per heavy atom. The third kappa shape index (κ3) is 6.90. The molecule has 1 amide bonds. The highest BCUT2D eigenvalue weighted by Crippen LogP contribution is 2.28. The lowest BCUT2D eigenvalue weighted by molar-refractivity contribution is -0.121. The Morgan fingerprint density at radius 3 is 2.31 bits per heavy atom. The van der Waals surface area contributed by atoms with Crippen LogP contribution in [0.25, 0.3) is 5.69 Å². The molecule has 3 aromatic carbocycles. The van der Waals surface area contributed by atoms with Crippen LogP contribution in [-0.2, 0) is 21.4 Å². The molecule has 1 heterocycles. The summed E-state index contributed by atoms with van der Waals surface area (Å²) < 4.78 is 29.8. The van der Waals surface area contributed by atoms with E-state index in [1.54, 1.807) is 42.5 Å². The number of aryl methyl sites for hydroxylation is 1. The summed E-state index contributed by atoms with van der Waals surface area (Å²) in [5, 5.41) is 5.58. The smallest absolute Gasteiger partial charge is 0.255 e. The van der Waals surface area contributed by atoms with Gasteiger partial charge in [-0.1, -0.05) is 65.1 Å². The largest absolute Gasteiger partial charge is 0.316 e. The molecule has 0 radical (unpaired) electrons. The van der Waals surface area contributed by atoms with Crippen LogP contribution in [0.5, 0.6) is 0 Å². The van der Waals surface area contributed by atoms with E-state index in [4.69, 9.17) is 34.8 Å². The van der Waals surface area contributed by atoms with Crippen LogP contribution in [0, 0.1) is 13.8 Å². The van der Waals surface area contributed by atoms with Gasteiger partial charge in [0.1, 0.15) is 0 Å². The molecule has 0 saturated heterocycles. The number of carbonyl (C=O) groups is 1. The number of hydrogen-bond acceptors (Lipinski definition) is 4. The van der Waals surface area contributed by atoms with Crippen molar-refractivity contribution in [1.29, 1.82) is 0 Å². The number of rotatable bonds is 9. The Balaban J connectivity index is 1.53. The Morgan fingerprint density at radius 1 is 0.949 bits per heavy atom. The van der Waals surface area contributed by atoms with E-state index in [0.29, 0.717) is 15.1 Å². The van der Waals surface area contributed by atoms with Gasteiger partial charge in [-0.2, -0.15) is 9.41 Å². The molecule has 0 aliphatic heterocycles. The summed E-state index contributed by atoms with van der Waals surface area (Å²) in [4.78, 5) is 12.9. The van der Waals surface area contributed by atoms with E-state index in [1.165, 1.54) is 30.5 Å². The van der Waals surface area contributed by atoms with Gasteiger partial charge in [-0.15, -0.1) is 0 Å². The van der Waals surface area contributed by atoms with Crippen LogP contribution in [0.3, 0.4) is 0 Å². The van der Waals surface area contributed by atoms with Gasteiger partial charge in [0.15, 0.2) is 0 Å². The lowest BCUT2D eigenvalue weighted by Crippen LogP contribution is -2.39. The van der Waals surface area contributed by atoms with Gasteiger partial charge < -0.3 is 4.57 Å². The number of hydrogen-bond donors (Lipinski definition) is 1. The van der Waals surface area contributed by atoms with Crippen molar-refractivity contribution in [3.63, 3.8) is 0 Å². The van der Waals surface area contributed by atoms with Gasteiger partial charge >= 0.3 is 0 Å². The van der Waals surface area contributed by atoms with E-state index in [9.17, 15) is 13.2 Å². The summed E-state index contributed by atoms with van der Waals surface area (Å²) >= 11 is 18.5. The van der Waals surface area contributed by atoms with Crippen molar-refractivity contribution in [3.05, 3.63) is 116 Å². The molecular formula is C28H25Cl3N4O3S. The van der Waals surface area contributed by atoms with Gasteiger partial charge in [0.25, 0.3) is 5.91 Å². The Bertz CT molecular complexity index is 1620. The van der Waals surface area contributed by atoms with Gasteiger partial charge in [-0.05, 0) is 67.9 Å². The monoisotopic (exact) mass is 602 g/mol. The van der Waals surface area contributed by atoms with E-state index >= 15 is 0 Å². The maximum atomic E-state index is 13.4. The fraction of sp³-hybridized carbons (Fsp3) is 0.143. The third-order valence-electron chi connectivity index (χ3n) is 5.99. The SMILES string of the molecule is Cc1cc(/C=N/NC(=O)CN(Cc2ccccc2)S(=O)(=O)c2ccc(Cl)cc2)c(C)n1-c1cc(Cl)ccc1Cl. The fourth-order valence-electron chi connectivity index (χ4n) is 4.08. The molecule has 4 rings (SSSR count). The second kappa shape index (κ2) is 12.4. The van der Waals surface area contributed by atoms with Crippen LogP contribution in [0.1, 0.15) is 22.5 Å². The molecule has 0 atom stereocenters. The fourth-order valence-corrected chi connectivity index (χ4v) is 5.96. The van der Waals surface area contributed by atoms with Crippen molar-refractivity contribution in [3.8, 4) is 5.69 Å². The average Bonchev–Trinajstić information content (AvgIpc) is 3.18. The molecule has 0 spiro atoms. The van der Waals surface area contributed by atoms with Crippen LogP contribution < -0.4 is 5.43 Å². The van der Waals surface area contributed by atoms with Crippen molar-refractivity contribution in [2.75, 3.05) is 6.54 Å². The molecule has 11 heteroatoms. The van der Waals surface area contributed by atoms with E-state index in [-0.39, 0.29) is 11.4 Å². The highest BCUT2D eigenvalue weighted by molar-refractivity contribution is 7.89. The van der Waals surface area contributed by atoms with Crippen LogP contribution in [0.4, 0.5) is 0 Å². The third-order valence-corrected chi connectivity index (χ3v) is 8.60. The second-order valence-electron chi connectivity index (χ2n) is 8.76. The summed E-state index contributed by atoms with van der Waals surface area (Å²) in [6.45, 7) is 3.38. The Hall–Kier alpha value is -3.14. The molecule has 0 aliphatic carbocycles. The number of halogens is 3. The average molecular weight is 604 g/mol. The molecule has 0 saturated carbocycles. The quantitative estimate of drug-likeness (QED) is 0.178. The van der Waals surface area contributed by atoms with Gasteiger partial charge in [-0.25, -0.2) is 13.8 Å². The highest BCUT2D eigenvalue weighted by Gasteiger charge is 2.27. The van der Waals surface area contributed by atoms with Gasteiger partial charge in [0.2, 0.25) is 10.0 Å². The molecule has 1 N–H and O–H groups in total. The molecule has 39 heavy (non-hydrogen) atoms. The minimum absolute atomic E-state index is 0.00445. The molecule has 0 unspecified atom stereocenters. The zero-order valence-corrected chi connectivity index (χ0v) is 24.2. The standard InChI is InChI=1S/C28H25Cl3N4O3S/c1-19-14-22(20(2)35(19)27-15-24(30)10-13-26(27)31)16-32-33-28(36)18-34(17-21-6-4-3-5-7-21)39(37,38)25-11-8-23(29)9-12-25/h3-16H,17-18H2,1-2H3,(H,33,36)/b32-16+. The molecular weight excluding hydrogens is 579 g/mol. The van der Waals surface area contributed by atoms with Gasteiger partial charge in [-0.3, -0.25) is 4.79 Å². The number of amides is 1. The molecule has 202 valence electrons. The van der Waals surface area contributed by atoms with Crippen LogP contribution in [0.2, 0.25) is 15.1 Å². The van der Waals surface area contributed by atoms with E-state index < -0.39 is 22.5 Å². The van der Waals surface area contributed by atoms with E-state index in [0.717, 1.165) is 32.5 Å². The van der Waals surface area contributed by atoms with Crippen LogP contribution in [-0.4, -0.2) is 36.0 Å². The van der Waals surface area contributed by atoms with Crippen molar-refractivity contribution in [2.45, 2.75) is 25.3 Å². The summed E-state index contributed by atoms with van der Waals surface area (Å²) in [5.41, 5.74) is 6.39. The number of carbonyl (C=O) groups excluding carboxylic acids is 1. The topological polar surface area (TPSA) is 83.8 Å². The van der Waals surface area contributed by atoms with E-state index in [1.807, 2.05) is 30.5 Å². The number of hydrazone groups is 1. The number of aromatic nitrogens is 1. The molecule has 0 fully saturated rings. The van der Waals surface area contributed by atoms with Crippen molar-refractivity contribution in [2.24, 2.45) is 5.10 Å². The summed E-state index contributed by atoms with van der Waals surface area (Å²) in [6, 6.07) is 22.0. The first-order chi connectivity index (χ1) is 18.6. The molecule has 1 aromatic heterocycles. The number of nitrogens with zero attached hydrogens (tertiary/aromatic N) is 3. The predicted octanol–water partition coefficient (Wildman–Crippen LogP) is 6.40. The molecule has 7 nitrogen and oxygen atoms in total. The second-order valence-corrected chi connectivity index (χ2v) is 12.0. The zero-order valence-electron chi connectivity index (χ0n) is 21.1. The summed E-state index contributed by atoms with van der Waals surface area (Å²) in [5.74, 6) is -0.591. The molecule has 0 bridgehead atoms. The Kier molecular flexibility index (Phi) is 9.15. The number of sulfonamides is 1. The van der Waals surface area contributed by atoms with Gasteiger partial charge in [0.05, 0.1) is 28.4 Å². The summed E-state index contributed by atoms with van der Waals surface area (Å²) in [6.07, 6.45) is 1.50. The lowest BCUT2D eigenvalue weighted by atomic mass is 10.2. The predicted molar refractivity (Wildman–Crippen MR) is 156 cm³/mol. The zero-order chi connectivity index (χ0) is 28.2. The van der Waals surface area contributed by atoms with Crippen molar-refractivity contribution >= 4 is 56.9 Å². The minimum atomic E-state index is -4.00. The number of nitrogens with one attached hydrogen (secondary N) is 1. The van der Waals surface area contributed by atoms with Crippen molar-refractivity contribution in [1.82, 2.24) is 14.3 Å². The van der Waals surface area contributed by atoms with Crippen LogP contribution >= 0.6 is 34.8 Å². The first-order valence-corrected chi connectivity index (χ1v) is 14.4. The molecule has 0 aliphatic rings. The highest BCUT2D eigenvalue weighted by atomic mass is 35.5. The van der Waals surface area contributed by atoms with Crippen LogP contribution in [0.15, 0.2) is 88.9 Å². The van der Waals surface area contributed by atoms with E-state index in [2.05, 4.69) is 10.5 Å². The van der Waals surface area contributed by atoms with Crippen molar-refractivity contribution < 1.29 is 13.2 Å². The first-order valence-electron chi connectivity index (χ1n) is 11.8. The normalized spacial score (nSPS) is 11.8. The lowest BCUT2D eigenvalue weighted by Gasteiger charge is -2.21. The maximum Gasteiger partial charge on any atom is 0.255 e. The molecule has 4 aromatic rings. The first kappa shape index (κ1) is 28.9. The summed E-state index contributed by atoms with van der Waals surface area (Å²) in [7, 11) is -4.00. The van der Waals surface area contributed by atoms with Gasteiger partial charge in [0, 0.05) is 33.5 Å².